The van der Waals surface area contributed by atoms with Crippen molar-refractivity contribution in [3.63, 3.8) is 0 Å². The van der Waals surface area contributed by atoms with Crippen molar-refractivity contribution in [3.8, 4) is 0 Å². The Labute approximate surface area is 114 Å². The molecule has 0 spiro atoms. The van der Waals surface area contributed by atoms with E-state index in [2.05, 4.69) is 5.10 Å². The summed E-state index contributed by atoms with van der Waals surface area (Å²) in [4.78, 5) is 0.842. The molecule has 0 aliphatic rings. The molecule has 2 aromatic rings. The number of aliphatic hydroxyl groups excluding tert-OH is 1. The number of halogens is 2. The minimum atomic E-state index is -0.590. The van der Waals surface area contributed by atoms with Crippen LogP contribution in [0, 0.1) is 6.92 Å². The SMILES string of the molecule is Cc1nn(C)c(Cl)c1CC(O)c1ccc(Cl)s1. The Morgan fingerprint density at radius 2 is 2.18 bits per heavy atom. The fourth-order valence-corrected chi connectivity index (χ4v) is 3.01. The summed E-state index contributed by atoms with van der Waals surface area (Å²) in [6.07, 6.45) is -0.136. The zero-order chi connectivity index (χ0) is 12.6. The van der Waals surface area contributed by atoms with Gasteiger partial charge in [0, 0.05) is 23.9 Å². The van der Waals surface area contributed by atoms with Gasteiger partial charge in [0.1, 0.15) is 5.15 Å². The molecule has 0 aliphatic heterocycles. The molecule has 1 atom stereocenters. The van der Waals surface area contributed by atoms with E-state index in [0.717, 1.165) is 16.1 Å². The Balaban J connectivity index is 2.21. The maximum atomic E-state index is 10.1. The average molecular weight is 291 g/mol. The number of aryl methyl sites for hydroxylation is 2. The van der Waals surface area contributed by atoms with E-state index in [1.165, 1.54) is 11.3 Å². The summed E-state index contributed by atoms with van der Waals surface area (Å²) < 4.78 is 2.29. The number of aliphatic hydroxyl groups is 1. The van der Waals surface area contributed by atoms with E-state index < -0.39 is 6.10 Å². The standard InChI is InChI=1S/C11H12Cl2N2OS/c1-6-7(11(13)15(2)14-6)5-8(16)9-3-4-10(12)17-9/h3-4,8,16H,5H2,1-2H3. The Bertz CT molecular complexity index is 536. The summed E-state index contributed by atoms with van der Waals surface area (Å²) in [7, 11) is 1.78. The fourth-order valence-electron chi connectivity index (χ4n) is 1.71. The van der Waals surface area contributed by atoms with Gasteiger partial charge in [-0.2, -0.15) is 5.10 Å². The Kier molecular flexibility index (Phi) is 3.78. The van der Waals surface area contributed by atoms with Crippen LogP contribution in [0.15, 0.2) is 12.1 Å². The first-order chi connectivity index (χ1) is 7.99. The van der Waals surface area contributed by atoms with Crippen LogP contribution in [0.25, 0.3) is 0 Å². The first-order valence-corrected chi connectivity index (χ1v) is 6.67. The number of nitrogens with zero attached hydrogens (tertiary/aromatic N) is 2. The van der Waals surface area contributed by atoms with Crippen LogP contribution in [0.1, 0.15) is 22.2 Å². The lowest BCUT2D eigenvalue weighted by molar-refractivity contribution is 0.182. The molecule has 0 aliphatic carbocycles. The summed E-state index contributed by atoms with van der Waals surface area (Å²) in [5.41, 5.74) is 1.73. The molecule has 1 unspecified atom stereocenters. The average Bonchev–Trinajstić information content (AvgIpc) is 2.79. The van der Waals surface area contributed by atoms with E-state index in [9.17, 15) is 5.11 Å². The second kappa shape index (κ2) is 4.98. The van der Waals surface area contributed by atoms with Crippen molar-refractivity contribution in [2.75, 3.05) is 0 Å². The largest absolute Gasteiger partial charge is 0.387 e. The zero-order valence-electron chi connectivity index (χ0n) is 9.44. The molecule has 2 rings (SSSR count). The van der Waals surface area contributed by atoms with E-state index >= 15 is 0 Å². The quantitative estimate of drug-likeness (QED) is 0.941. The zero-order valence-corrected chi connectivity index (χ0v) is 11.8. The third-order valence-electron chi connectivity index (χ3n) is 2.59. The lowest BCUT2D eigenvalue weighted by Gasteiger charge is -2.08. The highest BCUT2D eigenvalue weighted by Crippen LogP contribution is 2.31. The highest BCUT2D eigenvalue weighted by Gasteiger charge is 2.17. The third kappa shape index (κ3) is 2.65. The minimum Gasteiger partial charge on any atom is -0.387 e. The van der Waals surface area contributed by atoms with Gasteiger partial charge in [-0.05, 0) is 19.1 Å². The molecule has 2 heterocycles. The molecule has 17 heavy (non-hydrogen) atoms. The van der Waals surface area contributed by atoms with Gasteiger partial charge in [-0.15, -0.1) is 11.3 Å². The molecule has 0 aromatic carbocycles. The van der Waals surface area contributed by atoms with Gasteiger partial charge in [0.15, 0.2) is 0 Å². The van der Waals surface area contributed by atoms with Gasteiger partial charge in [0.05, 0.1) is 16.1 Å². The summed E-state index contributed by atoms with van der Waals surface area (Å²) >= 11 is 13.3. The van der Waals surface area contributed by atoms with E-state index in [1.807, 2.05) is 13.0 Å². The molecule has 1 N–H and O–H groups in total. The predicted molar refractivity (Wildman–Crippen MR) is 70.9 cm³/mol. The van der Waals surface area contributed by atoms with Crippen molar-refractivity contribution in [1.82, 2.24) is 9.78 Å². The molecular formula is C11H12Cl2N2OS. The molecule has 2 aromatic heterocycles. The highest BCUT2D eigenvalue weighted by atomic mass is 35.5. The van der Waals surface area contributed by atoms with Gasteiger partial charge >= 0.3 is 0 Å². The first-order valence-electron chi connectivity index (χ1n) is 5.10. The van der Waals surface area contributed by atoms with Crippen LogP contribution < -0.4 is 0 Å². The summed E-state index contributed by atoms with van der Waals surface area (Å²) in [5.74, 6) is 0. The van der Waals surface area contributed by atoms with Crippen LogP contribution in [0.3, 0.4) is 0 Å². The molecule has 0 bridgehead atoms. The molecular weight excluding hydrogens is 279 g/mol. The first kappa shape index (κ1) is 12.9. The number of thiophene rings is 1. The van der Waals surface area contributed by atoms with Crippen molar-refractivity contribution in [2.45, 2.75) is 19.4 Å². The van der Waals surface area contributed by atoms with E-state index in [-0.39, 0.29) is 0 Å². The van der Waals surface area contributed by atoms with Gasteiger partial charge < -0.3 is 5.11 Å². The lowest BCUT2D eigenvalue weighted by Crippen LogP contribution is -2.00. The van der Waals surface area contributed by atoms with Gasteiger partial charge in [-0.1, -0.05) is 23.2 Å². The molecule has 0 saturated heterocycles. The van der Waals surface area contributed by atoms with Crippen LogP contribution >= 0.6 is 34.5 Å². The smallest absolute Gasteiger partial charge is 0.130 e. The highest BCUT2D eigenvalue weighted by molar-refractivity contribution is 7.16. The number of hydrogen-bond acceptors (Lipinski definition) is 3. The van der Waals surface area contributed by atoms with Gasteiger partial charge in [-0.25, -0.2) is 0 Å². The number of rotatable bonds is 3. The van der Waals surface area contributed by atoms with E-state index in [0.29, 0.717) is 15.9 Å². The molecule has 0 radical (unpaired) electrons. The Morgan fingerprint density at radius 1 is 1.47 bits per heavy atom. The van der Waals surface area contributed by atoms with Crippen LogP contribution in [0.4, 0.5) is 0 Å². The van der Waals surface area contributed by atoms with Gasteiger partial charge in [0.25, 0.3) is 0 Å². The molecule has 6 heteroatoms. The molecule has 3 nitrogen and oxygen atoms in total. The van der Waals surface area contributed by atoms with Crippen LogP contribution in [0.2, 0.25) is 9.49 Å². The van der Waals surface area contributed by atoms with Crippen molar-refractivity contribution in [1.29, 1.82) is 0 Å². The fraction of sp³-hybridized carbons (Fsp3) is 0.364. The molecule has 92 valence electrons. The summed E-state index contributed by atoms with van der Waals surface area (Å²) in [5, 5.41) is 14.9. The molecule has 0 saturated carbocycles. The van der Waals surface area contributed by atoms with Crippen molar-refractivity contribution in [2.24, 2.45) is 7.05 Å². The van der Waals surface area contributed by atoms with E-state index in [4.69, 9.17) is 23.2 Å². The van der Waals surface area contributed by atoms with Crippen molar-refractivity contribution < 1.29 is 5.11 Å². The topological polar surface area (TPSA) is 38.0 Å². The lowest BCUT2D eigenvalue weighted by atomic mass is 10.1. The van der Waals surface area contributed by atoms with Crippen LogP contribution in [-0.2, 0) is 13.5 Å². The second-order valence-corrected chi connectivity index (χ2v) is 5.94. The predicted octanol–water partition coefficient (Wildman–Crippen LogP) is 3.37. The maximum absolute atomic E-state index is 10.1. The maximum Gasteiger partial charge on any atom is 0.130 e. The Hall–Kier alpha value is -0.550. The third-order valence-corrected chi connectivity index (χ3v) is 4.39. The van der Waals surface area contributed by atoms with Gasteiger partial charge in [0.2, 0.25) is 0 Å². The van der Waals surface area contributed by atoms with Crippen LogP contribution in [-0.4, -0.2) is 14.9 Å². The second-order valence-electron chi connectivity index (χ2n) is 3.84. The monoisotopic (exact) mass is 290 g/mol. The van der Waals surface area contributed by atoms with E-state index in [1.54, 1.807) is 17.8 Å². The van der Waals surface area contributed by atoms with Crippen LogP contribution in [0.5, 0.6) is 0 Å². The minimum absolute atomic E-state index is 0.454. The molecule has 0 fully saturated rings. The van der Waals surface area contributed by atoms with Gasteiger partial charge in [-0.3, -0.25) is 4.68 Å². The summed E-state index contributed by atoms with van der Waals surface area (Å²) in [6.45, 7) is 1.88. The summed E-state index contributed by atoms with van der Waals surface area (Å²) in [6, 6.07) is 3.61. The Morgan fingerprint density at radius 3 is 2.65 bits per heavy atom. The normalized spacial score (nSPS) is 13.0. The van der Waals surface area contributed by atoms with Crippen molar-refractivity contribution >= 4 is 34.5 Å². The number of aromatic nitrogens is 2. The number of hydrogen-bond donors (Lipinski definition) is 1. The molecule has 0 amide bonds. The van der Waals surface area contributed by atoms with Crippen molar-refractivity contribution in [3.05, 3.63) is 37.8 Å².